The lowest BCUT2D eigenvalue weighted by Gasteiger charge is -2.08. The van der Waals surface area contributed by atoms with Crippen molar-refractivity contribution in [2.45, 2.75) is 25.5 Å². The number of furan rings is 1. The zero-order chi connectivity index (χ0) is 20.4. The summed E-state index contributed by atoms with van der Waals surface area (Å²) in [5.41, 5.74) is 2.58. The van der Waals surface area contributed by atoms with Crippen molar-refractivity contribution in [2.75, 3.05) is 11.1 Å². The van der Waals surface area contributed by atoms with Crippen LogP contribution in [0.25, 0.3) is 22.6 Å². The van der Waals surface area contributed by atoms with Crippen LogP contribution in [0.3, 0.4) is 0 Å². The summed E-state index contributed by atoms with van der Waals surface area (Å²) in [6.45, 7) is 4.62. The minimum atomic E-state index is -0.0881. The number of fused-ring (bicyclic) bond motifs is 1. The van der Waals surface area contributed by atoms with Crippen LogP contribution in [-0.4, -0.2) is 26.4 Å². The first-order chi connectivity index (χ1) is 14.0. The SMILES string of the molecule is CCn1c(SCC(=O)Nc2ccccc2C)nnc1-c1cc2cc(Cl)ccc2o1. The van der Waals surface area contributed by atoms with Crippen LogP contribution in [0, 0.1) is 6.92 Å². The Morgan fingerprint density at radius 3 is 2.83 bits per heavy atom. The molecular formula is C21H19ClN4O2S. The van der Waals surface area contributed by atoms with Crippen molar-refractivity contribution >= 4 is 45.9 Å². The lowest BCUT2D eigenvalue weighted by Crippen LogP contribution is -2.15. The summed E-state index contributed by atoms with van der Waals surface area (Å²) in [5, 5.41) is 13.7. The highest BCUT2D eigenvalue weighted by molar-refractivity contribution is 7.99. The quantitative estimate of drug-likeness (QED) is 0.417. The Morgan fingerprint density at radius 1 is 1.21 bits per heavy atom. The lowest BCUT2D eigenvalue weighted by atomic mass is 10.2. The minimum Gasteiger partial charge on any atom is -0.453 e. The number of nitrogens with zero attached hydrogens (tertiary/aromatic N) is 3. The van der Waals surface area contributed by atoms with Gasteiger partial charge >= 0.3 is 0 Å². The van der Waals surface area contributed by atoms with Gasteiger partial charge in [-0.2, -0.15) is 0 Å². The van der Waals surface area contributed by atoms with Crippen LogP contribution in [0.2, 0.25) is 5.02 Å². The molecule has 0 atom stereocenters. The second-order valence-corrected chi connectivity index (χ2v) is 7.87. The molecule has 0 radical (unpaired) electrons. The van der Waals surface area contributed by atoms with E-state index in [2.05, 4.69) is 15.5 Å². The molecule has 0 bridgehead atoms. The average Bonchev–Trinajstić information content (AvgIpc) is 3.31. The summed E-state index contributed by atoms with van der Waals surface area (Å²) in [6, 6.07) is 15.1. The largest absolute Gasteiger partial charge is 0.453 e. The number of benzene rings is 2. The number of hydrogen-bond donors (Lipinski definition) is 1. The maximum absolute atomic E-state index is 12.3. The number of anilines is 1. The highest BCUT2D eigenvalue weighted by Gasteiger charge is 2.18. The van der Waals surface area contributed by atoms with E-state index < -0.39 is 0 Å². The maximum atomic E-state index is 12.3. The molecule has 2 aromatic heterocycles. The number of nitrogens with one attached hydrogen (secondary N) is 1. The van der Waals surface area contributed by atoms with Crippen molar-refractivity contribution in [2.24, 2.45) is 0 Å². The zero-order valence-electron chi connectivity index (χ0n) is 16.0. The van der Waals surface area contributed by atoms with Crippen molar-refractivity contribution in [1.29, 1.82) is 0 Å². The van der Waals surface area contributed by atoms with Gasteiger partial charge in [-0.3, -0.25) is 9.36 Å². The fourth-order valence-electron chi connectivity index (χ4n) is 3.02. The number of aromatic nitrogens is 3. The van der Waals surface area contributed by atoms with E-state index in [1.165, 1.54) is 11.8 Å². The number of halogens is 1. The van der Waals surface area contributed by atoms with Gasteiger partial charge in [-0.05, 0) is 49.7 Å². The molecule has 0 unspecified atom stereocenters. The number of carbonyl (C=O) groups excluding carboxylic acids is 1. The molecule has 0 saturated heterocycles. The van der Waals surface area contributed by atoms with Gasteiger partial charge in [0, 0.05) is 22.6 Å². The summed E-state index contributed by atoms with van der Waals surface area (Å²) in [7, 11) is 0. The number of para-hydroxylation sites is 1. The molecule has 8 heteroatoms. The topological polar surface area (TPSA) is 73.0 Å². The van der Waals surface area contributed by atoms with E-state index in [0.29, 0.717) is 28.3 Å². The van der Waals surface area contributed by atoms with Gasteiger partial charge in [0.05, 0.1) is 5.75 Å². The normalized spacial score (nSPS) is 11.1. The summed E-state index contributed by atoms with van der Waals surface area (Å²) >= 11 is 7.40. The first-order valence-corrected chi connectivity index (χ1v) is 10.5. The van der Waals surface area contributed by atoms with Crippen LogP contribution in [0.15, 0.2) is 58.1 Å². The number of aryl methyl sites for hydroxylation is 1. The van der Waals surface area contributed by atoms with E-state index in [9.17, 15) is 4.79 Å². The fourth-order valence-corrected chi connectivity index (χ4v) is 4.00. The van der Waals surface area contributed by atoms with Crippen molar-refractivity contribution < 1.29 is 9.21 Å². The molecule has 4 rings (SSSR count). The number of carbonyl (C=O) groups is 1. The third-order valence-electron chi connectivity index (χ3n) is 4.48. The molecule has 148 valence electrons. The van der Waals surface area contributed by atoms with Gasteiger partial charge in [-0.25, -0.2) is 0 Å². The smallest absolute Gasteiger partial charge is 0.234 e. The molecule has 0 saturated carbocycles. The Kier molecular flexibility index (Phi) is 5.60. The van der Waals surface area contributed by atoms with Crippen molar-refractivity contribution in [3.8, 4) is 11.6 Å². The van der Waals surface area contributed by atoms with E-state index in [-0.39, 0.29) is 11.7 Å². The number of thioether (sulfide) groups is 1. The van der Waals surface area contributed by atoms with Crippen LogP contribution in [0.1, 0.15) is 12.5 Å². The van der Waals surface area contributed by atoms with E-state index in [4.69, 9.17) is 16.0 Å². The first kappa shape index (κ1) is 19.5. The third-order valence-corrected chi connectivity index (χ3v) is 5.69. The van der Waals surface area contributed by atoms with Gasteiger partial charge in [0.1, 0.15) is 5.58 Å². The molecule has 2 heterocycles. The second-order valence-electron chi connectivity index (χ2n) is 6.50. The van der Waals surface area contributed by atoms with Gasteiger partial charge in [0.2, 0.25) is 11.7 Å². The van der Waals surface area contributed by atoms with Gasteiger partial charge in [-0.15, -0.1) is 10.2 Å². The van der Waals surface area contributed by atoms with E-state index >= 15 is 0 Å². The number of rotatable bonds is 6. The highest BCUT2D eigenvalue weighted by atomic mass is 35.5. The van der Waals surface area contributed by atoms with Crippen molar-refractivity contribution in [3.05, 3.63) is 59.1 Å². The Balaban J connectivity index is 1.51. The Morgan fingerprint density at radius 2 is 2.03 bits per heavy atom. The van der Waals surface area contributed by atoms with Crippen LogP contribution in [0.5, 0.6) is 0 Å². The van der Waals surface area contributed by atoms with E-state index in [0.717, 1.165) is 22.2 Å². The van der Waals surface area contributed by atoms with Crippen molar-refractivity contribution in [3.63, 3.8) is 0 Å². The first-order valence-electron chi connectivity index (χ1n) is 9.16. The summed E-state index contributed by atoms with van der Waals surface area (Å²) in [4.78, 5) is 12.3. The van der Waals surface area contributed by atoms with Gasteiger partial charge < -0.3 is 9.73 Å². The minimum absolute atomic E-state index is 0.0881. The number of amides is 1. The molecule has 0 aliphatic heterocycles. The molecule has 4 aromatic rings. The zero-order valence-corrected chi connectivity index (χ0v) is 17.5. The number of hydrogen-bond acceptors (Lipinski definition) is 5. The predicted molar refractivity (Wildman–Crippen MR) is 116 cm³/mol. The molecule has 1 amide bonds. The Bertz CT molecular complexity index is 1180. The molecule has 29 heavy (non-hydrogen) atoms. The molecule has 2 aromatic carbocycles. The van der Waals surface area contributed by atoms with Gasteiger partial charge in [0.15, 0.2) is 10.9 Å². The molecule has 6 nitrogen and oxygen atoms in total. The van der Waals surface area contributed by atoms with Crippen LogP contribution >= 0.6 is 23.4 Å². The fraction of sp³-hybridized carbons (Fsp3) is 0.190. The Hall–Kier alpha value is -2.77. The van der Waals surface area contributed by atoms with Crippen LogP contribution in [-0.2, 0) is 11.3 Å². The monoisotopic (exact) mass is 426 g/mol. The van der Waals surface area contributed by atoms with E-state index in [1.807, 2.05) is 60.9 Å². The van der Waals surface area contributed by atoms with Crippen LogP contribution < -0.4 is 5.32 Å². The Labute approximate surface area is 177 Å². The molecule has 0 aliphatic rings. The van der Waals surface area contributed by atoms with Gasteiger partial charge in [0.25, 0.3) is 0 Å². The van der Waals surface area contributed by atoms with Crippen molar-refractivity contribution in [1.82, 2.24) is 14.8 Å². The second kappa shape index (κ2) is 8.31. The predicted octanol–water partition coefficient (Wildman–Crippen LogP) is 5.40. The van der Waals surface area contributed by atoms with Crippen LogP contribution in [0.4, 0.5) is 5.69 Å². The molecule has 0 spiro atoms. The average molecular weight is 427 g/mol. The molecule has 0 aliphatic carbocycles. The highest BCUT2D eigenvalue weighted by Crippen LogP contribution is 2.30. The summed E-state index contributed by atoms with van der Waals surface area (Å²) < 4.78 is 7.85. The maximum Gasteiger partial charge on any atom is 0.234 e. The molecular weight excluding hydrogens is 408 g/mol. The summed E-state index contributed by atoms with van der Waals surface area (Å²) in [5.74, 6) is 1.40. The molecule has 0 fully saturated rings. The summed E-state index contributed by atoms with van der Waals surface area (Å²) in [6.07, 6.45) is 0. The third kappa shape index (κ3) is 4.16. The van der Waals surface area contributed by atoms with E-state index in [1.54, 1.807) is 6.07 Å². The lowest BCUT2D eigenvalue weighted by molar-refractivity contribution is -0.113. The molecule has 1 N–H and O–H groups in total. The standard InChI is InChI=1S/C21H19ClN4O2S/c1-3-26-20(18-11-14-10-15(22)8-9-17(14)28-18)24-25-21(26)29-12-19(27)23-16-7-5-4-6-13(16)2/h4-11H,3,12H2,1-2H3,(H,23,27). The van der Waals surface area contributed by atoms with Gasteiger partial charge in [-0.1, -0.05) is 41.6 Å².